The molecule has 0 radical (unpaired) electrons. The van der Waals surface area contributed by atoms with Crippen molar-refractivity contribution in [3.8, 4) is 5.75 Å². The summed E-state index contributed by atoms with van der Waals surface area (Å²) in [5, 5.41) is 14.0. The minimum absolute atomic E-state index is 0.193. The van der Waals surface area contributed by atoms with Crippen molar-refractivity contribution in [2.45, 2.75) is 72.4 Å². The summed E-state index contributed by atoms with van der Waals surface area (Å²) in [5.41, 5.74) is 2.46. The summed E-state index contributed by atoms with van der Waals surface area (Å²) in [6.45, 7) is 11.2. The molecule has 1 saturated carbocycles. The van der Waals surface area contributed by atoms with Crippen LogP contribution < -0.4 is 5.32 Å². The predicted molar refractivity (Wildman–Crippen MR) is 89.6 cm³/mol. The molecule has 0 saturated heterocycles. The fraction of sp³-hybridized carbons (Fsp3) is 0.684. The average Bonchev–Trinajstić information content (AvgIpc) is 2.37. The van der Waals surface area contributed by atoms with E-state index in [2.05, 4.69) is 45.1 Å². The number of aryl methyl sites for hydroxylation is 1. The molecule has 1 aliphatic rings. The molecule has 1 fully saturated rings. The number of rotatable bonds is 3. The average molecular weight is 289 g/mol. The van der Waals surface area contributed by atoms with E-state index < -0.39 is 0 Å². The summed E-state index contributed by atoms with van der Waals surface area (Å²) < 4.78 is 0. The Kier molecular flexibility index (Phi) is 4.98. The number of hydrogen-bond acceptors (Lipinski definition) is 2. The number of phenols is 1. The van der Waals surface area contributed by atoms with Crippen LogP contribution in [0.3, 0.4) is 0 Å². The van der Waals surface area contributed by atoms with Gasteiger partial charge in [-0.15, -0.1) is 0 Å². The molecule has 1 aromatic carbocycles. The molecule has 3 unspecified atom stereocenters. The Bertz CT molecular complexity index is 475. The van der Waals surface area contributed by atoms with Gasteiger partial charge in [0.1, 0.15) is 5.75 Å². The molecule has 0 amide bonds. The van der Waals surface area contributed by atoms with Gasteiger partial charge in [0.25, 0.3) is 0 Å². The van der Waals surface area contributed by atoms with Crippen molar-refractivity contribution in [1.82, 2.24) is 5.32 Å². The molecule has 0 spiro atoms. The van der Waals surface area contributed by atoms with Gasteiger partial charge in [-0.25, -0.2) is 0 Å². The Morgan fingerprint density at radius 1 is 1.19 bits per heavy atom. The molecule has 0 aromatic heterocycles. The summed E-state index contributed by atoms with van der Waals surface area (Å²) >= 11 is 0. The molecule has 2 N–H and O–H groups in total. The molecule has 0 bridgehead atoms. The van der Waals surface area contributed by atoms with Crippen LogP contribution in [0.5, 0.6) is 5.75 Å². The normalized spacial score (nSPS) is 24.8. The molecule has 118 valence electrons. The maximum Gasteiger partial charge on any atom is 0.120 e. The lowest BCUT2D eigenvalue weighted by molar-refractivity contribution is 0.124. The second kappa shape index (κ2) is 6.39. The Hall–Kier alpha value is -1.02. The highest BCUT2D eigenvalue weighted by Gasteiger charge is 2.34. The molecule has 3 atom stereocenters. The quantitative estimate of drug-likeness (QED) is 0.824. The van der Waals surface area contributed by atoms with E-state index in [0.29, 0.717) is 23.1 Å². The zero-order valence-electron chi connectivity index (χ0n) is 14.2. The third kappa shape index (κ3) is 4.00. The van der Waals surface area contributed by atoms with Crippen LogP contribution in [0, 0.1) is 18.3 Å². The van der Waals surface area contributed by atoms with Crippen LogP contribution in [-0.2, 0) is 0 Å². The summed E-state index contributed by atoms with van der Waals surface area (Å²) in [7, 11) is 0. The Balaban J connectivity index is 2.11. The van der Waals surface area contributed by atoms with Gasteiger partial charge in [0.15, 0.2) is 0 Å². The molecule has 1 aromatic rings. The van der Waals surface area contributed by atoms with E-state index in [0.717, 1.165) is 11.1 Å². The highest BCUT2D eigenvalue weighted by atomic mass is 16.3. The zero-order valence-corrected chi connectivity index (χ0v) is 14.2. The van der Waals surface area contributed by atoms with Crippen molar-refractivity contribution in [1.29, 1.82) is 0 Å². The van der Waals surface area contributed by atoms with Crippen molar-refractivity contribution >= 4 is 0 Å². The van der Waals surface area contributed by atoms with Crippen LogP contribution in [0.25, 0.3) is 0 Å². The first-order valence-corrected chi connectivity index (χ1v) is 8.34. The highest BCUT2D eigenvalue weighted by molar-refractivity contribution is 5.37. The maximum atomic E-state index is 10.2. The van der Waals surface area contributed by atoms with Gasteiger partial charge >= 0.3 is 0 Å². The van der Waals surface area contributed by atoms with Gasteiger partial charge in [-0.05, 0) is 49.7 Å². The van der Waals surface area contributed by atoms with Crippen molar-refractivity contribution < 1.29 is 5.11 Å². The minimum atomic E-state index is 0.193. The molecule has 2 rings (SSSR count). The van der Waals surface area contributed by atoms with Gasteiger partial charge in [0.2, 0.25) is 0 Å². The van der Waals surface area contributed by atoms with Gasteiger partial charge in [0.05, 0.1) is 0 Å². The van der Waals surface area contributed by atoms with Gasteiger partial charge in [-0.2, -0.15) is 0 Å². The first-order chi connectivity index (χ1) is 9.79. The van der Waals surface area contributed by atoms with E-state index in [9.17, 15) is 5.11 Å². The SMILES string of the molecule is Cc1ccc(C(C)NC2CCCCC2C(C)(C)C)c(O)c1. The second-order valence-corrected chi connectivity index (χ2v) is 7.81. The van der Waals surface area contributed by atoms with Crippen molar-refractivity contribution in [2.75, 3.05) is 0 Å². The topological polar surface area (TPSA) is 32.3 Å². The smallest absolute Gasteiger partial charge is 0.120 e. The van der Waals surface area contributed by atoms with Crippen LogP contribution in [0.2, 0.25) is 0 Å². The number of benzene rings is 1. The van der Waals surface area contributed by atoms with Crippen molar-refractivity contribution in [3.63, 3.8) is 0 Å². The van der Waals surface area contributed by atoms with Crippen LogP contribution in [0.15, 0.2) is 18.2 Å². The van der Waals surface area contributed by atoms with E-state index >= 15 is 0 Å². The molecule has 2 nitrogen and oxygen atoms in total. The van der Waals surface area contributed by atoms with Gasteiger partial charge in [-0.3, -0.25) is 0 Å². The van der Waals surface area contributed by atoms with Crippen LogP contribution in [-0.4, -0.2) is 11.1 Å². The number of aromatic hydroxyl groups is 1. The Labute approximate surface area is 130 Å². The third-order valence-electron chi connectivity index (χ3n) is 4.99. The fourth-order valence-corrected chi connectivity index (χ4v) is 3.80. The van der Waals surface area contributed by atoms with E-state index in [1.165, 1.54) is 25.7 Å². The summed E-state index contributed by atoms with van der Waals surface area (Å²) in [5.74, 6) is 1.12. The van der Waals surface area contributed by atoms with E-state index in [1.807, 2.05) is 13.0 Å². The largest absolute Gasteiger partial charge is 0.508 e. The highest BCUT2D eigenvalue weighted by Crippen LogP contribution is 2.39. The van der Waals surface area contributed by atoms with Crippen LogP contribution >= 0.6 is 0 Å². The van der Waals surface area contributed by atoms with Gasteiger partial charge < -0.3 is 10.4 Å². The van der Waals surface area contributed by atoms with E-state index in [-0.39, 0.29) is 6.04 Å². The Morgan fingerprint density at radius 3 is 2.48 bits per heavy atom. The minimum Gasteiger partial charge on any atom is -0.508 e. The molecule has 1 aliphatic carbocycles. The first kappa shape index (κ1) is 16.4. The molecule has 21 heavy (non-hydrogen) atoms. The number of nitrogens with one attached hydrogen (secondary N) is 1. The summed E-state index contributed by atoms with van der Waals surface area (Å²) in [6.07, 6.45) is 5.23. The zero-order chi connectivity index (χ0) is 15.6. The standard InChI is InChI=1S/C19H31NO/c1-13-10-11-15(18(21)12-13)14(2)20-17-9-7-6-8-16(17)19(3,4)5/h10-12,14,16-17,20-21H,6-9H2,1-5H3. The monoisotopic (exact) mass is 289 g/mol. The van der Waals surface area contributed by atoms with Gasteiger partial charge in [-0.1, -0.05) is 45.7 Å². The summed E-state index contributed by atoms with van der Waals surface area (Å²) in [6, 6.07) is 6.73. The van der Waals surface area contributed by atoms with E-state index in [4.69, 9.17) is 0 Å². The fourth-order valence-electron chi connectivity index (χ4n) is 3.80. The molecule has 0 aliphatic heterocycles. The maximum absolute atomic E-state index is 10.2. The van der Waals surface area contributed by atoms with Crippen LogP contribution in [0.4, 0.5) is 0 Å². The second-order valence-electron chi connectivity index (χ2n) is 7.81. The lowest BCUT2D eigenvalue weighted by Crippen LogP contribution is -2.45. The van der Waals surface area contributed by atoms with Gasteiger partial charge in [0, 0.05) is 17.6 Å². The lowest BCUT2D eigenvalue weighted by atomic mass is 9.69. The van der Waals surface area contributed by atoms with Crippen LogP contribution in [0.1, 0.15) is 70.5 Å². The summed E-state index contributed by atoms with van der Waals surface area (Å²) in [4.78, 5) is 0. The molecular weight excluding hydrogens is 258 g/mol. The number of phenolic OH excluding ortho intramolecular Hbond substituents is 1. The third-order valence-corrected chi connectivity index (χ3v) is 4.99. The molecular formula is C19H31NO. The van der Waals surface area contributed by atoms with Crippen molar-refractivity contribution in [3.05, 3.63) is 29.3 Å². The van der Waals surface area contributed by atoms with Crippen molar-refractivity contribution in [2.24, 2.45) is 11.3 Å². The Morgan fingerprint density at radius 2 is 1.86 bits per heavy atom. The van der Waals surface area contributed by atoms with E-state index in [1.54, 1.807) is 0 Å². The lowest BCUT2D eigenvalue weighted by Gasteiger charge is -2.42. The first-order valence-electron chi connectivity index (χ1n) is 8.34. The molecule has 2 heteroatoms. The number of hydrogen-bond donors (Lipinski definition) is 2. The molecule has 0 heterocycles. The predicted octanol–water partition coefficient (Wildman–Crippen LogP) is 4.96.